The number of H-pyrrole nitrogens is 1. The van der Waals surface area contributed by atoms with Crippen molar-refractivity contribution in [3.05, 3.63) is 54.1 Å². The van der Waals surface area contributed by atoms with Crippen molar-refractivity contribution in [1.29, 1.82) is 0 Å². The monoisotopic (exact) mass is 472 g/mol. The lowest BCUT2D eigenvalue weighted by Gasteiger charge is -2.25. The van der Waals surface area contributed by atoms with Crippen LogP contribution < -0.4 is 21.7 Å². The maximum atomic E-state index is 13.2. The van der Waals surface area contributed by atoms with Gasteiger partial charge in [0.2, 0.25) is 17.7 Å². The highest BCUT2D eigenvalue weighted by Crippen LogP contribution is 2.07. The number of carboxylic acid groups (broad SMARTS) is 1. The molecule has 2 aromatic rings. The number of hydrogen-bond donors (Lipinski definition) is 6. The third-order valence-electron chi connectivity index (χ3n) is 5.28. The number of benzene rings is 1. The summed E-state index contributed by atoms with van der Waals surface area (Å²) in [5.74, 6) is -3.12. The maximum Gasteiger partial charge on any atom is 0.325 e. The quantitative estimate of drug-likeness (QED) is 0.246. The first-order valence-electron chi connectivity index (χ1n) is 11.0. The highest BCUT2D eigenvalue weighted by molar-refractivity contribution is 5.94. The molecule has 1 aromatic carbocycles. The largest absolute Gasteiger partial charge is 0.480 e. The van der Waals surface area contributed by atoms with Crippen molar-refractivity contribution in [2.75, 3.05) is 0 Å². The van der Waals surface area contributed by atoms with Gasteiger partial charge in [0.25, 0.3) is 0 Å². The van der Waals surface area contributed by atoms with E-state index < -0.39 is 47.9 Å². The van der Waals surface area contributed by atoms with Crippen LogP contribution in [0, 0.1) is 5.92 Å². The summed E-state index contributed by atoms with van der Waals surface area (Å²) >= 11 is 0. The van der Waals surface area contributed by atoms with E-state index in [0.29, 0.717) is 5.69 Å². The summed E-state index contributed by atoms with van der Waals surface area (Å²) < 4.78 is 0. The minimum Gasteiger partial charge on any atom is -0.480 e. The predicted octanol–water partition coefficient (Wildman–Crippen LogP) is -0.263. The molecule has 0 saturated heterocycles. The third-order valence-corrected chi connectivity index (χ3v) is 5.28. The fourth-order valence-electron chi connectivity index (χ4n) is 3.10. The minimum atomic E-state index is -1.21. The van der Waals surface area contributed by atoms with Crippen LogP contribution in [-0.4, -0.2) is 62.9 Å². The molecule has 0 fully saturated rings. The molecule has 4 atom stereocenters. The Bertz CT molecular complexity index is 963. The van der Waals surface area contributed by atoms with Crippen LogP contribution in [0.1, 0.15) is 32.0 Å². The van der Waals surface area contributed by atoms with Crippen LogP contribution in [0.3, 0.4) is 0 Å². The van der Waals surface area contributed by atoms with E-state index in [4.69, 9.17) is 10.8 Å². The van der Waals surface area contributed by atoms with Gasteiger partial charge in [-0.05, 0) is 18.4 Å². The van der Waals surface area contributed by atoms with E-state index in [9.17, 15) is 19.2 Å². The topological polar surface area (TPSA) is 179 Å². The first-order valence-corrected chi connectivity index (χ1v) is 11.0. The summed E-state index contributed by atoms with van der Waals surface area (Å²) in [6.45, 7) is 4.91. The van der Waals surface area contributed by atoms with E-state index in [1.165, 1.54) is 19.4 Å². The molecule has 11 nitrogen and oxygen atoms in total. The Morgan fingerprint density at radius 2 is 1.53 bits per heavy atom. The second-order valence-corrected chi connectivity index (χ2v) is 8.43. The van der Waals surface area contributed by atoms with Gasteiger partial charge in [0, 0.05) is 24.7 Å². The molecule has 1 aromatic heterocycles. The van der Waals surface area contributed by atoms with Crippen molar-refractivity contribution >= 4 is 23.7 Å². The fourth-order valence-corrected chi connectivity index (χ4v) is 3.10. The Morgan fingerprint density at radius 1 is 0.941 bits per heavy atom. The van der Waals surface area contributed by atoms with Crippen LogP contribution >= 0.6 is 0 Å². The van der Waals surface area contributed by atoms with Gasteiger partial charge in [-0.3, -0.25) is 19.2 Å². The van der Waals surface area contributed by atoms with E-state index in [1.54, 1.807) is 13.8 Å². The Kier molecular flexibility index (Phi) is 9.75. The molecule has 0 radical (unpaired) electrons. The molecule has 0 bridgehead atoms. The number of nitrogens with zero attached hydrogens (tertiary/aromatic N) is 1. The number of amides is 3. The van der Waals surface area contributed by atoms with Crippen LogP contribution in [0.4, 0.5) is 0 Å². The van der Waals surface area contributed by atoms with Crippen molar-refractivity contribution in [1.82, 2.24) is 25.9 Å². The SMILES string of the molecule is CC(NC(=O)C(Cc1cnc[nH]1)NC(=O)C(Cc1ccccc1)NC(=O)C(N)C(C)C)C(=O)O. The molecule has 0 aliphatic rings. The molecule has 2 rings (SSSR count). The van der Waals surface area contributed by atoms with Crippen molar-refractivity contribution < 1.29 is 24.3 Å². The number of carbonyl (C=O) groups excluding carboxylic acids is 3. The fraction of sp³-hybridized carbons (Fsp3) is 0.435. The highest BCUT2D eigenvalue weighted by Gasteiger charge is 2.30. The van der Waals surface area contributed by atoms with Gasteiger partial charge in [0.15, 0.2) is 0 Å². The van der Waals surface area contributed by atoms with Crippen LogP contribution in [0.15, 0.2) is 42.9 Å². The molecule has 0 spiro atoms. The number of aliphatic carboxylic acids is 1. The Labute approximate surface area is 197 Å². The van der Waals surface area contributed by atoms with Gasteiger partial charge in [-0.2, -0.15) is 0 Å². The average Bonchev–Trinajstić information content (AvgIpc) is 3.31. The first-order chi connectivity index (χ1) is 16.1. The minimum absolute atomic E-state index is 0.0431. The molecule has 1 heterocycles. The van der Waals surface area contributed by atoms with Gasteiger partial charge < -0.3 is 31.8 Å². The van der Waals surface area contributed by atoms with E-state index in [-0.39, 0.29) is 18.8 Å². The number of carboxylic acids is 1. The Balaban J connectivity index is 2.24. The summed E-state index contributed by atoms with van der Waals surface area (Å²) in [5, 5.41) is 16.8. The van der Waals surface area contributed by atoms with E-state index >= 15 is 0 Å². The van der Waals surface area contributed by atoms with E-state index in [0.717, 1.165) is 5.56 Å². The zero-order chi connectivity index (χ0) is 25.3. The number of imidazole rings is 1. The standard InChI is InChI=1S/C23H32N6O5/c1-13(2)19(24)22(32)29-17(9-15-7-5-4-6-8-15)21(31)28-18(10-16-11-25-12-26-16)20(30)27-14(3)23(33)34/h4-8,11-14,17-19H,9-10,24H2,1-3H3,(H,25,26)(H,27,30)(H,28,31)(H,29,32)(H,33,34). The zero-order valence-electron chi connectivity index (χ0n) is 19.4. The average molecular weight is 473 g/mol. The lowest BCUT2D eigenvalue weighted by Crippen LogP contribution is -2.58. The van der Waals surface area contributed by atoms with Crippen LogP contribution in [0.25, 0.3) is 0 Å². The summed E-state index contributed by atoms with van der Waals surface area (Å²) in [7, 11) is 0. The third kappa shape index (κ3) is 8.00. The summed E-state index contributed by atoms with van der Waals surface area (Å²) in [5.41, 5.74) is 7.32. The molecule has 184 valence electrons. The van der Waals surface area contributed by atoms with Crippen molar-refractivity contribution in [3.8, 4) is 0 Å². The molecular formula is C23H32N6O5. The molecular weight excluding hydrogens is 440 g/mol. The van der Waals surface area contributed by atoms with E-state index in [2.05, 4.69) is 25.9 Å². The first kappa shape index (κ1) is 26.5. The molecule has 11 heteroatoms. The van der Waals surface area contributed by atoms with Gasteiger partial charge in [-0.25, -0.2) is 4.98 Å². The van der Waals surface area contributed by atoms with Crippen LogP contribution in [0.2, 0.25) is 0 Å². The zero-order valence-corrected chi connectivity index (χ0v) is 19.4. The normalized spacial score (nSPS) is 14.5. The van der Waals surface area contributed by atoms with Crippen molar-refractivity contribution in [2.24, 2.45) is 11.7 Å². The number of aromatic amines is 1. The molecule has 4 unspecified atom stereocenters. The van der Waals surface area contributed by atoms with Crippen LogP contribution in [0.5, 0.6) is 0 Å². The van der Waals surface area contributed by atoms with Gasteiger partial charge >= 0.3 is 5.97 Å². The number of rotatable bonds is 12. The Hall–Kier alpha value is -3.73. The van der Waals surface area contributed by atoms with Gasteiger partial charge in [-0.15, -0.1) is 0 Å². The Morgan fingerprint density at radius 3 is 2.09 bits per heavy atom. The molecule has 0 aliphatic carbocycles. The predicted molar refractivity (Wildman–Crippen MR) is 124 cm³/mol. The number of carbonyl (C=O) groups is 4. The molecule has 0 saturated carbocycles. The molecule has 34 heavy (non-hydrogen) atoms. The van der Waals surface area contributed by atoms with Gasteiger partial charge in [-0.1, -0.05) is 44.2 Å². The van der Waals surface area contributed by atoms with E-state index in [1.807, 2.05) is 30.3 Å². The summed E-state index contributed by atoms with van der Waals surface area (Å²) in [6, 6.07) is 5.01. The molecule has 0 aliphatic heterocycles. The van der Waals surface area contributed by atoms with Crippen molar-refractivity contribution in [2.45, 2.75) is 57.8 Å². The smallest absolute Gasteiger partial charge is 0.325 e. The maximum absolute atomic E-state index is 13.2. The molecule has 3 amide bonds. The number of aromatic nitrogens is 2. The number of nitrogens with two attached hydrogens (primary N) is 1. The summed E-state index contributed by atoms with van der Waals surface area (Å²) in [4.78, 5) is 56.6. The van der Waals surface area contributed by atoms with Crippen molar-refractivity contribution in [3.63, 3.8) is 0 Å². The molecule has 7 N–H and O–H groups in total. The van der Waals surface area contributed by atoms with Gasteiger partial charge in [0.1, 0.15) is 18.1 Å². The number of hydrogen-bond acceptors (Lipinski definition) is 6. The second kappa shape index (κ2) is 12.5. The second-order valence-electron chi connectivity index (χ2n) is 8.43. The lowest BCUT2D eigenvalue weighted by atomic mass is 10.0. The number of nitrogens with one attached hydrogen (secondary N) is 4. The lowest BCUT2D eigenvalue weighted by molar-refractivity contribution is -0.141. The summed E-state index contributed by atoms with van der Waals surface area (Å²) in [6.07, 6.45) is 3.14. The van der Waals surface area contributed by atoms with Gasteiger partial charge in [0.05, 0.1) is 12.4 Å². The van der Waals surface area contributed by atoms with Crippen LogP contribution in [-0.2, 0) is 32.0 Å². The highest BCUT2D eigenvalue weighted by atomic mass is 16.4.